The Morgan fingerprint density at radius 1 is 1.39 bits per heavy atom. The summed E-state index contributed by atoms with van der Waals surface area (Å²) in [4.78, 5) is 22.9. The molecule has 0 atom stereocenters. The highest BCUT2D eigenvalue weighted by atomic mass is 16.5. The molecule has 1 aliphatic carbocycles. The highest BCUT2D eigenvalue weighted by Crippen LogP contribution is 2.45. The van der Waals surface area contributed by atoms with Gasteiger partial charge >= 0.3 is 5.97 Å². The van der Waals surface area contributed by atoms with Gasteiger partial charge in [-0.1, -0.05) is 12.1 Å². The second-order valence-electron chi connectivity index (χ2n) is 4.47. The molecule has 0 heterocycles. The molecular formula is C13H15NO4. The largest absolute Gasteiger partial charge is 0.496 e. The number of hydrogen-bond acceptors (Lipinski definition) is 3. The molecule has 2 rings (SSSR count). The lowest BCUT2D eigenvalue weighted by molar-refractivity contribution is -0.143. The van der Waals surface area contributed by atoms with E-state index in [2.05, 4.69) is 5.32 Å². The van der Waals surface area contributed by atoms with Gasteiger partial charge in [-0.3, -0.25) is 9.59 Å². The second-order valence-corrected chi connectivity index (χ2v) is 4.47. The SMILES string of the molecule is COc1ccccc1C(=O)NCC1(C(=O)O)CC1. The van der Waals surface area contributed by atoms with E-state index in [-0.39, 0.29) is 12.5 Å². The topological polar surface area (TPSA) is 75.6 Å². The second kappa shape index (κ2) is 4.68. The third-order valence-corrected chi connectivity index (χ3v) is 3.25. The van der Waals surface area contributed by atoms with Gasteiger partial charge in [0.05, 0.1) is 18.1 Å². The van der Waals surface area contributed by atoms with Gasteiger partial charge in [0.2, 0.25) is 0 Å². The third kappa shape index (κ3) is 2.30. The molecule has 1 amide bonds. The molecule has 0 aromatic heterocycles. The van der Waals surface area contributed by atoms with E-state index in [1.54, 1.807) is 24.3 Å². The van der Waals surface area contributed by atoms with E-state index in [1.165, 1.54) is 7.11 Å². The van der Waals surface area contributed by atoms with Crippen molar-refractivity contribution in [2.24, 2.45) is 5.41 Å². The molecule has 2 N–H and O–H groups in total. The normalized spacial score (nSPS) is 15.8. The van der Waals surface area contributed by atoms with Gasteiger partial charge in [-0.25, -0.2) is 0 Å². The number of benzene rings is 1. The fourth-order valence-electron chi connectivity index (χ4n) is 1.79. The summed E-state index contributed by atoms with van der Waals surface area (Å²) in [6.45, 7) is 0.166. The van der Waals surface area contributed by atoms with Crippen LogP contribution in [-0.4, -0.2) is 30.6 Å². The van der Waals surface area contributed by atoms with Crippen LogP contribution in [0.4, 0.5) is 0 Å². The quantitative estimate of drug-likeness (QED) is 0.824. The molecule has 1 aromatic carbocycles. The first kappa shape index (κ1) is 12.4. The molecule has 1 fully saturated rings. The van der Waals surface area contributed by atoms with Crippen LogP contribution in [0.2, 0.25) is 0 Å². The molecular weight excluding hydrogens is 234 g/mol. The summed E-state index contributed by atoms with van der Waals surface area (Å²) in [7, 11) is 1.49. The standard InChI is InChI=1S/C13H15NO4/c1-18-10-5-3-2-4-9(10)11(15)14-8-13(6-7-13)12(16)17/h2-5H,6-8H2,1H3,(H,14,15)(H,16,17). The molecule has 5 nitrogen and oxygen atoms in total. The first-order valence-corrected chi connectivity index (χ1v) is 5.74. The van der Waals surface area contributed by atoms with Gasteiger partial charge < -0.3 is 15.2 Å². The third-order valence-electron chi connectivity index (χ3n) is 3.25. The lowest BCUT2D eigenvalue weighted by atomic mass is 10.1. The first-order chi connectivity index (χ1) is 8.59. The van der Waals surface area contributed by atoms with Crippen molar-refractivity contribution >= 4 is 11.9 Å². The minimum absolute atomic E-state index is 0.166. The first-order valence-electron chi connectivity index (χ1n) is 5.74. The zero-order chi connectivity index (χ0) is 13.2. The summed E-state index contributed by atoms with van der Waals surface area (Å²) in [6.07, 6.45) is 1.24. The van der Waals surface area contributed by atoms with Crippen LogP contribution in [0.15, 0.2) is 24.3 Å². The summed E-state index contributed by atoms with van der Waals surface area (Å²) < 4.78 is 5.08. The van der Waals surface area contributed by atoms with Gasteiger partial charge in [-0.15, -0.1) is 0 Å². The van der Waals surface area contributed by atoms with Crippen molar-refractivity contribution in [3.63, 3.8) is 0 Å². The van der Waals surface area contributed by atoms with Crippen LogP contribution in [0, 0.1) is 5.41 Å². The Hall–Kier alpha value is -2.04. The van der Waals surface area contributed by atoms with Crippen molar-refractivity contribution in [1.82, 2.24) is 5.32 Å². The highest BCUT2D eigenvalue weighted by molar-refractivity contribution is 5.97. The van der Waals surface area contributed by atoms with Crippen LogP contribution >= 0.6 is 0 Å². The maximum atomic E-state index is 11.9. The number of carbonyl (C=O) groups excluding carboxylic acids is 1. The van der Waals surface area contributed by atoms with Crippen LogP contribution in [-0.2, 0) is 4.79 Å². The number of carbonyl (C=O) groups is 2. The Labute approximate surface area is 105 Å². The Balaban J connectivity index is 2.02. The Morgan fingerprint density at radius 3 is 2.61 bits per heavy atom. The predicted octanol–water partition coefficient (Wildman–Crippen LogP) is 1.29. The molecule has 0 aliphatic heterocycles. The van der Waals surface area contributed by atoms with Crippen LogP contribution in [0.3, 0.4) is 0 Å². The minimum Gasteiger partial charge on any atom is -0.496 e. The van der Waals surface area contributed by atoms with Crippen LogP contribution in [0.5, 0.6) is 5.75 Å². The number of carboxylic acids is 1. The molecule has 0 unspecified atom stereocenters. The van der Waals surface area contributed by atoms with E-state index in [0.717, 1.165) is 0 Å². The molecule has 96 valence electrons. The summed E-state index contributed by atoms with van der Waals surface area (Å²) in [5.74, 6) is -0.669. The molecule has 0 saturated heterocycles. The minimum atomic E-state index is -0.845. The van der Waals surface area contributed by atoms with Crippen molar-refractivity contribution in [3.05, 3.63) is 29.8 Å². The average molecular weight is 249 g/mol. The highest BCUT2D eigenvalue weighted by Gasteiger charge is 2.50. The number of para-hydroxylation sites is 1. The maximum absolute atomic E-state index is 11.9. The number of nitrogens with one attached hydrogen (secondary N) is 1. The van der Waals surface area contributed by atoms with Crippen LogP contribution in [0.25, 0.3) is 0 Å². The van der Waals surface area contributed by atoms with Gasteiger partial charge in [-0.2, -0.15) is 0 Å². The van der Waals surface area contributed by atoms with E-state index < -0.39 is 11.4 Å². The van der Waals surface area contributed by atoms with Crippen molar-refractivity contribution in [1.29, 1.82) is 0 Å². The van der Waals surface area contributed by atoms with Crippen LogP contribution < -0.4 is 10.1 Å². The van der Waals surface area contributed by atoms with Crippen molar-refractivity contribution < 1.29 is 19.4 Å². The molecule has 0 radical (unpaired) electrons. The number of aliphatic carboxylic acids is 1. The lowest BCUT2D eigenvalue weighted by Gasteiger charge is -2.12. The zero-order valence-corrected chi connectivity index (χ0v) is 10.1. The lowest BCUT2D eigenvalue weighted by Crippen LogP contribution is -2.34. The summed E-state index contributed by atoms with van der Waals surface area (Å²) in [6, 6.07) is 6.85. The fraction of sp³-hybridized carbons (Fsp3) is 0.385. The van der Waals surface area contributed by atoms with E-state index >= 15 is 0 Å². The Kier molecular flexibility index (Phi) is 3.23. The van der Waals surface area contributed by atoms with Crippen molar-refractivity contribution in [2.75, 3.05) is 13.7 Å². The van der Waals surface area contributed by atoms with E-state index in [4.69, 9.17) is 9.84 Å². The predicted molar refractivity (Wildman–Crippen MR) is 64.6 cm³/mol. The molecule has 0 bridgehead atoms. The number of amides is 1. The van der Waals surface area contributed by atoms with Gasteiger partial charge in [0, 0.05) is 6.54 Å². The van der Waals surface area contributed by atoms with Gasteiger partial charge in [-0.05, 0) is 25.0 Å². The number of hydrogen-bond donors (Lipinski definition) is 2. The summed E-state index contributed by atoms with van der Waals surface area (Å²) in [5, 5.41) is 11.7. The zero-order valence-electron chi connectivity index (χ0n) is 10.1. The van der Waals surface area contributed by atoms with E-state index in [0.29, 0.717) is 24.2 Å². The molecule has 1 aliphatic rings. The number of rotatable bonds is 5. The number of ether oxygens (including phenoxy) is 1. The smallest absolute Gasteiger partial charge is 0.311 e. The molecule has 5 heteroatoms. The monoisotopic (exact) mass is 249 g/mol. The van der Waals surface area contributed by atoms with E-state index in [9.17, 15) is 9.59 Å². The average Bonchev–Trinajstić information content (AvgIpc) is 3.17. The molecule has 0 spiro atoms. The summed E-state index contributed by atoms with van der Waals surface area (Å²) >= 11 is 0. The van der Waals surface area contributed by atoms with Crippen molar-refractivity contribution in [3.8, 4) is 5.75 Å². The fourth-order valence-corrected chi connectivity index (χ4v) is 1.79. The summed E-state index contributed by atoms with van der Waals surface area (Å²) in [5.41, 5.74) is -0.335. The molecule has 1 aromatic rings. The number of carboxylic acid groups (broad SMARTS) is 1. The molecule has 1 saturated carbocycles. The van der Waals surface area contributed by atoms with Crippen molar-refractivity contribution in [2.45, 2.75) is 12.8 Å². The Morgan fingerprint density at radius 2 is 2.06 bits per heavy atom. The molecule has 18 heavy (non-hydrogen) atoms. The van der Waals surface area contributed by atoms with E-state index in [1.807, 2.05) is 0 Å². The number of methoxy groups -OCH3 is 1. The van der Waals surface area contributed by atoms with Gasteiger partial charge in [0.15, 0.2) is 0 Å². The van der Waals surface area contributed by atoms with Gasteiger partial charge in [0.1, 0.15) is 5.75 Å². The Bertz CT molecular complexity index is 480. The van der Waals surface area contributed by atoms with Crippen LogP contribution in [0.1, 0.15) is 23.2 Å². The maximum Gasteiger partial charge on any atom is 0.311 e. The van der Waals surface area contributed by atoms with Gasteiger partial charge in [0.25, 0.3) is 5.91 Å².